The number of fused-ring (bicyclic) bond motifs is 3. The van der Waals surface area contributed by atoms with Gasteiger partial charge in [0.05, 0.1) is 11.4 Å². The molecule has 0 aromatic heterocycles. The third-order valence-corrected chi connectivity index (χ3v) is 14.6. The summed E-state index contributed by atoms with van der Waals surface area (Å²) >= 11 is 0. The summed E-state index contributed by atoms with van der Waals surface area (Å²) in [5, 5.41) is 8.78. The molecule has 0 bridgehead atoms. The van der Waals surface area contributed by atoms with E-state index in [1.54, 1.807) is 0 Å². The van der Waals surface area contributed by atoms with Crippen LogP contribution in [0.1, 0.15) is 43.1 Å². The van der Waals surface area contributed by atoms with Crippen molar-refractivity contribution in [2.45, 2.75) is 32.9 Å². The summed E-state index contributed by atoms with van der Waals surface area (Å²) in [5.41, 5.74) is 20.8. The van der Waals surface area contributed by atoms with Crippen LogP contribution >= 0.6 is 0 Å². The fourth-order valence-corrected chi connectivity index (χ4v) is 11.1. The van der Waals surface area contributed by atoms with Gasteiger partial charge in [0, 0.05) is 5.69 Å². The molecule has 72 heavy (non-hydrogen) atoms. The van der Waals surface area contributed by atoms with Gasteiger partial charge in [-0.25, -0.2) is 0 Å². The minimum atomic E-state index is -0.0465. The Kier molecular flexibility index (Phi) is 12.1. The normalized spacial score (nSPS) is 15.4. The van der Waals surface area contributed by atoms with E-state index in [2.05, 4.69) is 285 Å². The average Bonchev–Trinajstić information content (AvgIpc) is 3.84. The molecule has 1 heterocycles. The highest BCUT2D eigenvalue weighted by molar-refractivity contribution is 6.22. The molecule has 0 amide bonds. The van der Waals surface area contributed by atoms with Crippen molar-refractivity contribution >= 4 is 44.2 Å². The third-order valence-electron chi connectivity index (χ3n) is 14.6. The number of benzene rings is 10. The van der Waals surface area contributed by atoms with E-state index in [-0.39, 0.29) is 6.17 Å². The summed E-state index contributed by atoms with van der Waals surface area (Å²) in [4.78, 5) is 2.41. The van der Waals surface area contributed by atoms with Crippen LogP contribution in [0.3, 0.4) is 0 Å². The lowest BCUT2D eigenvalue weighted by atomic mass is 9.81. The largest absolute Gasteiger partial charge is 0.359 e. The minimum absolute atomic E-state index is 0.0465. The van der Waals surface area contributed by atoms with Crippen molar-refractivity contribution in [1.29, 1.82) is 0 Å². The van der Waals surface area contributed by atoms with Gasteiger partial charge in [0.15, 0.2) is 0 Å². The molecule has 12 rings (SSSR count). The van der Waals surface area contributed by atoms with Gasteiger partial charge >= 0.3 is 0 Å². The summed E-state index contributed by atoms with van der Waals surface area (Å²) in [6.45, 7) is 4.42. The molecule has 1 aliphatic carbocycles. The Bertz CT molecular complexity index is 3730. The van der Waals surface area contributed by atoms with Crippen molar-refractivity contribution in [2.24, 2.45) is 5.92 Å². The van der Waals surface area contributed by atoms with Crippen molar-refractivity contribution in [3.05, 3.63) is 278 Å². The van der Waals surface area contributed by atoms with Gasteiger partial charge in [-0.15, -0.1) is 0 Å². The number of para-hydroxylation sites is 3. The van der Waals surface area contributed by atoms with Gasteiger partial charge in [-0.05, 0) is 180 Å². The van der Waals surface area contributed by atoms with Gasteiger partial charge < -0.3 is 10.2 Å². The van der Waals surface area contributed by atoms with Crippen molar-refractivity contribution in [1.82, 2.24) is 0 Å². The summed E-state index contributed by atoms with van der Waals surface area (Å²) < 4.78 is 0. The molecule has 2 nitrogen and oxygen atoms in total. The number of nitrogens with zero attached hydrogens (tertiary/aromatic N) is 1. The quantitative estimate of drug-likeness (QED) is 0.103. The molecular weight excluding hydrogens is 869 g/mol. The first-order valence-electron chi connectivity index (χ1n) is 25.4. The van der Waals surface area contributed by atoms with Gasteiger partial charge in [0.2, 0.25) is 0 Å². The second-order valence-electron chi connectivity index (χ2n) is 19.2. The molecule has 1 aliphatic heterocycles. The van der Waals surface area contributed by atoms with E-state index in [0.29, 0.717) is 5.92 Å². The van der Waals surface area contributed by atoms with Crippen LogP contribution < -0.4 is 10.2 Å². The molecule has 10 aromatic carbocycles. The van der Waals surface area contributed by atoms with E-state index >= 15 is 0 Å². The minimum Gasteiger partial charge on any atom is -0.359 e. The van der Waals surface area contributed by atoms with E-state index in [1.165, 1.54) is 105 Å². The summed E-state index contributed by atoms with van der Waals surface area (Å²) in [7, 11) is 0. The molecule has 0 saturated heterocycles. The maximum Gasteiger partial charge on any atom is 0.130 e. The van der Waals surface area contributed by atoms with Gasteiger partial charge in [-0.1, -0.05) is 213 Å². The summed E-state index contributed by atoms with van der Waals surface area (Å²) in [6.07, 6.45) is 17.3. The van der Waals surface area contributed by atoms with E-state index in [4.69, 9.17) is 0 Å². The number of allylic oxidation sites excluding steroid dienone is 8. The van der Waals surface area contributed by atoms with E-state index in [0.717, 1.165) is 24.2 Å². The average molecular weight is 925 g/mol. The maximum absolute atomic E-state index is 3.84. The zero-order chi connectivity index (χ0) is 48.4. The summed E-state index contributed by atoms with van der Waals surface area (Å²) in [6, 6.07) is 81.1. The van der Waals surface area contributed by atoms with Crippen molar-refractivity contribution < 1.29 is 0 Å². The van der Waals surface area contributed by atoms with E-state index in [1.807, 2.05) is 0 Å². The lowest BCUT2D eigenvalue weighted by Crippen LogP contribution is -2.23. The van der Waals surface area contributed by atoms with Gasteiger partial charge in [0.25, 0.3) is 0 Å². The predicted molar refractivity (Wildman–Crippen MR) is 309 cm³/mol. The van der Waals surface area contributed by atoms with Crippen LogP contribution in [0.25, 0.3) is 82.8 Å². The van der Waals surface area contributed by atoms with Crippen molar-refractivity contribution in [2.75, 3.05) is 10.2 Å². The molecule has 2 unspecified atom stereocenters. The second kappa shape index (κ2) is 19.6. The topological polar surface area (TPSA) is 15.3 Å². The van der Waals surface area contributed by atoms with E-state index < -0.39 is 0 Å². The maximum atomic E-state index is 3.84. The first-order chi connectivity index (χ1) is 35.6. The molecule has 2 heteroatoms. The van der Waals surface area contributed by atoms with Crippen molar-refractivity contribution in [3.63, 3.8) is 0 Å². The zero-order valence-electron chi connectivity index (χ0n) is 40.8. The highest BCUT2D eigenvalue weighted by Crippen LogP contribution is 2.49. The SMILES string of the molecule is C/C=C\C=C/Cc1cc(-c2ccccc2)cc(-c2c3ccccc3c(-c3cc(C4=CC=CCC4C)cc(-c4ccccc4)c3)c3ccc(-c4ccc(C5Nc6ccccc6N5c5ccccc5)cc4)cc23)c1. The molecule has 0 fully saturated rings. The Hall–Kier alpha value is -8.72. The molecule has 1 N–H and O–H groups in total. The van der Waals surface area contributed by atoms with Gasteiger partial charge in [-0.3, -0.25) is 0 Å². The molecule has 346 valence electrons. The van der Waals surface area contributed by atoms with Crippen LogP contribution in [0.5, 0.6) is 0 Å². The Morgan fingerprint density at radius 1 is 0.486 bits per heavy atom. The van der Waals surface area contributed by atoms with Crippen molar-refractivity contribution in [3.8, 4) is 55.6 Å². The number of hydrogen-bond donors (Lipinski definition) is 1. The molecule has 2 atom stereocenters. The lowest BCUT2D eigenvalue weighted by Gasteiger charge is -2.27. The molecule has 2 aliphatic rings. The van der Waals surface area contributed by atoms with Gasteiger partial charge in [0.1, 0.15) is 6.17 Å². The van der Waals surface area contributed by atoms with Crippen LogP contribution in [0.2, 0.25) is 0 Å². The number of anilines is 3. The van der Waals surface area contributed by atoms with E-state index in [9.17, 15) is 0 Å². The van der Waals surface area contributed by atoms with Crippen LogP contribution in [0.15, 0.2) is 261 Å². The fraction of sp³-hybridized carbons (Fsp3) is 0.0857. The summed E-state index contributed by atoms with van der Waals surface area (Å²) in [5.74, 6) is 0.416. The number of hydrogen-bond acceptors (Lipinski definition) is 2. The Labute approximate surface area is 424 Å². The molecule has 10 aromatic rings. The van der Waals surface area contributed by atoms with Gasteiger partial charge in [-0.2, -0.15) is 0 Å². The third kappa shape index (κ3) is 8.56. The molecular formula is C70H56N2. The number of nitrogens with one attached hydrogen (secondary N) is 1. The Balaban J connectivity index is 1.08. The van der Waals surface area contributed by atoms with Crippen LogP contribution in [0.4, 0.5) is 17.1 Å². The highest BCUT2D eigenvalue weighted by Gasteiger charge is 2.31. The van der Waals surface area contributed by atoms with Crippen LogP contribution in [-0.2, 0) is 6.42 Å². The first-order valence-corrected chi connectivity index (χ1v) is 25.4. The number of rotatable bonds is 11. The fourth-order valence-electron chi connectivity index (χ4n) is 11.1. The first kappa shape index (κ1) is 44.5. The Morgan fingerprint density at radius 2 is 1.04 bits per heavy atom. The molecule has 0 saturated carbocycles. The lowest BCUT2D eigenvalue weighted by molar-refractivity contribution is 0.758. The molecule has 0 spiro atoms. The van der Waals surface area contributed by atoms with Crippen LogP contribution in [-0.4, -0.2) is 0 Å². The standard InChI is InChI=1S/C70H56N2/c1-3-4-5-9-23-49-41-55(50-24-10-6-11-25-50)44-58(42-49)69-63-32-19-18-31-62(63)68(59-45-56(51-26-12-7-13-27-51)43-57(46-59)61-30-17-16-22-48(61)2)64-40-39-54(47-65(64)69)52-35-37-53(38-36-52)70-71-66-33-20-21-34-67(66)72(70)60-28-14-8-15-29-60/h3-21,24-48,70-71H,22-23H2,1-2H3/b4-3-,9-5-. The Morgan fingerprint density at radius 3 is 1.75 bits per heavy atom. The van der Waals surface area contributed by atoms with Crippen LogP contribution in [0, 0.1) is 5.92 Å². The second-order valence-corrected chi connectivity index (χ2v) is 19.2. The smallest absolute Gasteiger partial charge is 0.130 e. The molecule has 0 radical (unpaired) electrons. The monoisotopic (exact) mass is 924 g/mol. The predicted octanol–water partition coefficient (Wildman–Crippen LogP) is 19.2. The zero-order valence-corrected chi connectivity index (χ0v) is 40.8. The highest BCUT2D eigenvalue weighted by atomic mass is 15.3.